The van der Waals surface area contributed by atoms with Gasteiger partial charge in [0.15, 0.2) is 0 Å². The maximum absolute atomic E-state index is 13.1. The number of phenolic OH excluding ortho intramolecular Hbond substituents is 1. The van der Waals surface area contributed by atoms with Crippen molar-refractivity contribution in [3.63, 3.8) is 0 Å². The van der Waals surface area contributed by atoms with Gasteiger partial charge in [-0.05, 0) is 35.4 Å². The quantitative estimate of drug-likeness (QED) is 0.548. The summed E-state index contributed by atoms with van der Waals surface area (Å²) in [5.74, 6) is 0.300. The average molecular weight is 403 g/mol. The van der Waals surface area contributed by atoms with Gasteiger partial charge in [-0.1, -0.05) is 30.3 Å². The molecule has 4 aromatic rings. The molecule has 0 bridgehead atoms. The third-order valence-corrected chi connectivity index (χ3v) is 6.74. The molecule has 0 saturated heterocycles. The van der Waals surface area contributed by atoms with Crippen molar-refractivity contribution >= 4 is 21.4 Å². The number of benzene rings is 2. The van der Waals surface area contributed by atoms with Gasteiger partial charge in [-0.15, -0.1) is 11.3 Å². The lowest BCUT2D eigenvalue weighted by atomic mass is 9.98. The SMILES string of the molecule is Cn1c2c(cc(-c3csc4ccccc34)c1=O)CN(Cc1cccc(O)c1)CC2. The first-order chi connectivity index (χ1) is 14.1. The molecule has 0 unspecified atom stereocenters. The van der Waals surface area contributed by atoms with Crippen molar-refractivity contribution in [3.05, 3.63) is 87.2 Å². The van der Waals surface area contributed by atoms with E-state index in [4.69, 9.17) is 0 Å². The predicted molar refractivity (Wildman–Crippen MR) is 118 cm³/mol. The Kier molecular flexibility index (Phi) is 4.49. The van der Waals surface area contributed by atoms with Gasteiger partial charge in [-0.3, -0.25) is 9.69 Å². The minimum Gasteiger partial charge on any atom is -0.508 e. The molecule has 4 nitrogen and oxygen atoms in total. The summed E-state index contributed by atoms with van der Waals surface area (Å²) < 4.78 is 3.04. The fourth-order valence-electron chi connectivity index (χ4n) is 4.31. The summed E-state index contributed by atoms with van der Waals surface area (Å²) in [7, 11) is 1.89. The first-order valence-electron chi connectivity index (χ1n) is 9.79. The Labute approximate surface area is 173 Å². The Bertz CT molecular complexity index is 1270. The van der Waals surface area contributed by atoms with Crippen LogP contribution in [0.3, 0.4) is 0 Å². The minimum atomic E-state index is 0.0775. The summed E-state index contributed by atoms with van der Waals surface area (Å²) in [5.41, 5.74) is 5.33. The maximum atomic E-state index is 13.1. The van der Waals surface area contributed by atoms with E-state index in [1.807, 2.05) is 41.9 Å². The molecule has 2 aromatic heterocycles. The van der Waals surface area contributed by atoms with Gasteiger partial charge in [0, 0.05) is 65.4 Å². The number of aromatic hydroxyl groups is 1. The predicted octanol–water partition coefficient (Wildman–Crippen LogP) is 4.53. The largest absolute Gasteiger partial charge is 0.508 e. The highest BCUT2D eigenvalue weighted by Gasteiger charge is 2.22. The molecule has 0 fully saturated rings. The van der Waals surface area contributed by atoms with Crippen molar-refractivity contribution in [3.8, 4) is 16.9 Å². The number of hydrogen-bond acceptors (Lipinski definition) is 4. The van der Waals surface area contributed by atoms with Gasteiger partial charge in [0.2, 0.25) is 0 Å². The van der Waals surface area contributed by atoms with Crippen LogP contribution in [0, 0.1) is 0 Å². The van der Waals surface area contributed by atoms with Gasteiger partial charge < -0.3 is 9.67 Å². The number of pyridine rings is 1. The molecule has 2 aromatic carbocycles. The zero-order valence-electron chi connectivity index (χ0n) is 16.3. The lowest BCUT2D eigenvalue weighted by Crippen LogP contribution is -2.35. The van der Waals surface area contributed by atoms with Gasteiger partial charge in [-0.25, -0.2) is 0 Å². The summed E-state index contributed by atoms with van der Waals surface area (Å²) in [4.78, 5) is 15.5. The fourth-order valence-corrected chi connectivity index (χ4v) is 5.28. The van der Waals surface area contributed by atoms with Gasteiger partial charge in [0.25, 0.3) is 5.56 Å². The molecule has 5 heteroatoms. The third kappa shape index (κ3) is 3.26. The highest BCUT2D eigenvalue weighted by atomic mass is 32.1. The maximum Gasteiger partial charge on any atom is 0.258 e. The van der Waals surface area contributed by atoms with Crippen molar-refractivity contribution in [1.82, 2.24) is 9.47 Å². The second-order valence-corrected chi connectivity index (χ2v) is 8.58. The summed E-state index contributed by atoms with van der Waals surface area (Å²) >= 11 is 1.68. The molecule has 146 valence electrons. The molecular weight excluding hydrogens is 380 g/mol. The van der Waals surface area contributed by atoms with E-state index in [9.17, 15) is 9.90 Å². The smallest absolute Gasteiger partial charge is 0.258 e. The molecule has 29 heavy (non-hydrogen) atoms. The van der Waals surface area contributed by atoms with Gasteiger partial charge >= 0.3 is 0 Å². The van der Waals surface area contributed by atoms with Crippen molar-refractivity contribution in [2.75, 3.05) is 6.54 Å². The Balaban J connectivity index is 1.53. The van der Waals surface area contributed by atoms with Crippen LogP contribution in [-0.4, -0.2) is 21.1 Å². The second kappa shape index (κ2) is 7.17. The van der Waals surface area contributed by atoms with Crippen molar-refractivity contribution in [2.45, 2.75) is 19.5 Å². The van der Waals surface area contributed by atoms with Crippen molar-refractivity contribution in [1.29, 1.82) is 0 Å². The number of aromatic nitrogens is 1. The van der Waals surface area contributed by atoms with Crippen LogP contribution in [0.5, 0.6) is 5.75 Å². The Morgan fingerprint density at radius 2 is 1.93 bits per heavy atom. The number of nitrogens with zero attached hydrogens (tertiary/aromatic N) is 2. The number of fused-ring (bicyclic) bond motifs is 2. The first-order valence-corrected chi connectivity index (χ1v) is 10.7. The van der Waals surface area contributed by atoms with Crippen LogP contribution in [0.4, 0.5) is 0 Å². The van der Waals surface area contributed by atoms with E-state index >= 15 is 0 Å². The molecule has 3 heterocycles. The second-order valence-electron chi connectivity index (χ2n) is 7.67. The third-order valence-electron chi connectivity index (χ3n) is 5.78. The van der Waals surface area contributed by atoms with E-state index in [0.29, 0.717) is 5.75 Å². The van der Waals surface area contributed by atoms with E-state index in [2.05, 4.69) is 28.5 Å². The van der Waals surface area contributed by atoms with E-state index < -0.39 is 0 Å². The normalized spacial score (nSPS) is 14.2. The molecule has 0 radical (unpaired) electrons. The Hall–Kier alpha value is -2.89. The number of rotatable bonds is 3. The summed E-state index contributed by atoms with van der Waals surface area (Å²) in [6.45, 7) is 2.48. The Morgan fingerprint density at radius 3 is 2.79 bits per heavy atom. The van der Waals surface area contributed by atoms with Gasteiger partial charge in [-0.2, -0.15) is 0 Å². The van der Waals surface area contributed by atoms with Crippen LogP contribution >= 0.6 is 11.3 Å². The molecule has 1 aliphatic rings. The van der Waals surface area contributed by atoms with Crippen molar-refractivity contribution < 1.29 is 5.11 Å². The molecule has 0 saturated carbocycles. The van der Waals surface area contributed by atoms with Crippen LogP contribution in [0.25, 0.3) is 21.2 Å². The van der Waals surface area contributed by atoms with E-state index in [1.54, 1.807) is 17.4 Å². The van der Waals surface area contributed by atoms with E-state index in [-0.39, 0.29) is 5.56 Å². The molecule has 5 rings (SSSR count). The van der Waals surface area contributed by atoms with Crippen molar-refractivity contribution in [2.24, 2.45) is 7.05 Å². The standard InChI is InChI=1S/C24H22N2O2S/c1-25-22-9-10-26(13-16-5-4-6-18(27)11-16)14-17(22)12-20(24(25)28)21-15-29-23-8-3-2-7-19(21)23/h2-8,11-12,15,27H,9-10,13-14H2,1H3. The molecular formula is C24H22N2O2S. The minimum absolute atomic E-state index is 0.0775. The van der Waals surface area contributed by atoms with Crippen LogP contribution < -0.4 is 5.56 Å². The van der Waals surface area contributed by atoms with E-state index in [0.717, 1.165) is 53.8 Å². The number of phenols is 1. The fraction of sp³-hybridized carbons (Fsp3) is 0.208. The molecule has 0 spiro atoms. The molecule has 0 atom stereocenters. The summed E-state index contributed by atoms with van der Waals surface area (Å²) in [6.07, 6.45) is 0.852. The van der Waals surface area contributed by atoms with Crippen LogP contribution in [0.2, 0.25) is 0 Å². The van der Waals surface area contributed by atoms with Gasteiger partial charge in [0.1, 0.15) is 5.75 Å². The molecule has 0 amide bonds. The average Bonchev–Trinajstić information content (AvgIpc) is 3.15. The Morgan fingerprint density at radius 1 is 1.07 bits per heavy atom. The number of hydrogen-bond donors (Lipinski definition) is 1. The highest BCUT2D eigenvalue weighted by molar-refractivity contribution is 7.17. The van der Waals surface area contributed by atoms with Gasteiger partial charge in [0.05, 0.1) is 0 Å². The lowest BCUT2D eigenvalue weighted by molar-refractivity contribution is 0.240. The zero-order valence-corrected chi connectivity index (χ0v) is 17.1. The number of thiophene rings is 1. The first kappa shape index (κ1) is 18.2. The highest BCUT2D eigenvalue weighted by Crippen LogP contribution is 2.33. The summed E-state index contributed by atoms with van der Waals surface area (Å²) in [6, 6.07) is 17.8. The topological polar surface area (TPSA) is 45.5 Å². The zero-order chi connectivity index (χ0) is 20.0. The van der Waals surface area contributed by atoms with E-state index in [1.165, 1.54) is 10.3 Å². The summed E-state index contributed by atoms with van der Waals surface area (Å²) in [5, 5.41) is 13.0. The van der Waals surface area contributed by atoms with Crippen LogP contribution in [0.15, 0.2) is 64.8 Å². The molecule has 0 aliphatic carbocycles. The monoisotopic (exact) mass is 402 g/mol. The van der Waals surface area contributed by atoms with Crippen LogP contribution in [-0.2, 0) is 26.6 Å². The molecule has 1 N–H and O–H groups in total. The molecule has 1 aliphatic heterocycles. The van der Waals surface area contributed by atoms with Crippen LogP contribution in [0.1, 0.15) is 16.8 Å². The lowest BCUT2D eigenvalue weighted by Gasteiger charge is -2.30.